The standard InChI is InChI=1S/C8H11ClN6/c1-6-11-13-8(14(6)2)4-15-5-10-12-7(15)3-9/h5H,3-4H2,1-2H3. The fourth-order valence-corrected chi connectivity index (χ4v) is 1.46. The van der Waals surface area contributed by atoms with E-state index in [9.17, 15) is 0 Å². The van der Waals surface area contributed by atoms with Gasteiger partial charge in [0.15, 0.2) is 5.82 Å². The molecule has 2 rings (SSSR count). The second-order valence-electron chi connectivity index (χ2n) is 3.23. The highest BCUT2D eigenvalue weighted by Gasteiger charge is 2.08. The van der Waals surface area contributed by atoms with Gasteiger partial charge in [-0.3, -0.25) is 0 Å². The highest BCUT2D eigenvalue weighted by molar-refractivity contribution is 6.16. The molecule has 0 aliphatic rings. The predicted molar refractivity (Wildman–Crippen MR) is 54.4 cm³/mol. The molecule has 0 aliphatic carbocycles. The van der Waals surface area contributed by atoms with Gasteiger partial charge in [-0.15, -0.1) is 32.0 Å². The van der Waals surface area contributed by atoms with E-state index in [2.05, 4.69) is 20.4 Å². The van der Waals surface area contributed by atoms with Crippen LogP contribution in [0.15, 0.2) is 6.33 Å². The largest absolute Gasteiger partial charge is 0.317 e. The van der Waals surface area contributed by atoms with Crippen molar-refractivity contribution < 1.29 is 0 Å². The molecule has 0 aromatic carbocycles. The third kappa shape index (κ3) is 1.85. The number of nitrogens with zero attached hydrogens (tertiary/aromatic N) is 6. The highest BCUT2D eigenvalue weighted by atomic mass is 35.5. The van der Waals surface area contributed by atoms with Crippen molar-refractivity contribution in [1.29, 1.82) is 0 Å². The molecule has 0 bridgehead atoms. The Bertz CT molecular complexity index is 459. The van der Waals surface area contributed by atoms with Crippen LogP contribution in [-0.2, 0) is 19.5 Å². The van der Waals surface area contributed by atoms with Crippen LogP contribution in [0.5, 0.6) is 0 Å². The maximum Gasteiger partial charge on any atom is 0.152 e. The zero-order chi connectivity index (χ0) is 10.8. The van der Waals surface area contributed by atoms with Crippen molar-refractivity contribution in [3.05, 3.63) is 23.8 Å². The second-order valence-corrected chi connectivity index (χ2v) is 3.50. The molecular weight excluding hydrogens is 216 g/mol. The van der Waals surface area contributed by atoms with E-state index in [0.717, 1.165) is 17.5 Å². The molecule has 0 spiro atoms. The van der Waals surface area contributed by atoms with Gasteiger partial charge in [0.2, 0.25) is 0 Å². The average Bonchev–Trinajstić information content (AvgIpc) is 2.80. The van der Waals surface area contributed by atoms with Crippen LogP contribution in [0.4, 0.5) is 0 Å². The minimum absolute atomic E-state index is 0.344. The average molecular weight is 227 g/mol. The molecule has 0 saturated heterocycles. The Kier molecular flexibility index (Phi) is 2.68. The van der Waals surface area contributed by atoms with Crippen molar-refractivity contribution in [1.82, 2.24) is 29.5 Å². The highest BCUT2D eigenvalue weighted by Crippen LogP contribution is 2.04. The fourth-order valence-electron chi connectivity index (χ4n) is 1.26. The smallest absolute Gasteiger partial charge is 0.152 e. The molecule has 7 heteroatoms. The Morgan fingerprint density at radius 2 is 2.07 bits per heavy atom. The van der Waals surface area contributed by atoms with E-state index in [1.165, 1.54) is 0 Å². The van der Waals surface area contributed by atoms with E-state index in [-0.39, 0.29) is 0 Å². The predicted octanol–water partition coefficient (Wildman–Crippen LogP) is 0.502. The normalized spacial score (nSPS) is 10.9. The van der Waals surface area contributed by atoms with Crippen LogP contribution in [0.25, 0.3) is 0 Å². The molecule has 0 amide bonds. The zero-order valence-corrected chi connectivity index (χ0v) is 9.31. The molecule has 0 saturated carbocycles. The van der Waals surface area contributed by atoms with Gasteiger partial charge < -0.3 is 9.13 Å². The molecule has 0 unspecified atom stereocenters. The monoisotopic (exact) mass is 226 g/mol. The summed E-state index contributed by atoms with van der Waals surface area (Å²) in [6.07, 6.45) is 1.64. The van der Waals surface area contributed by atoms with E-state index in [1.807, 2.05) is 23.1 Å². The Morgan fingerprint density at radius 3 is 2.67 bits per heavy atom. The number of alkyl halides is 1. The molecular formula is C8H11ClN6. The van der Waals surface area contributed by atoms with E-state index < -0.39 is 0 Å². The summed E-state index contributed by atoms with van der Waals surface area (Å²) in [5.41, 5.74) is 0. The molecule has 2 aromatic rings. The van der Waals surface area contributed by atoms with Crippen LogP contribution < -0.4 is 0 Å². The van der Waals surface area contributed by atoms with Gasteiger partial charge in [-0.25, -0.2) is 0 Å². The minimum Gasteiger partial charge on any atom is -0.317 e. The first-order valence-corrected chi connectivity index (χ1v) is 5.03. The SMILES string of the molecule is Cc1nnc(Cn2cnnc2CCl)n1C. The number of hydrogen-bond donors (Lipinski definition) is 0. The molecule has 80 valence electrons. The third-order valence-corrected chi connectivity index (χ3v) is 2.55. The second kappa shape index (κ2) is 3.98. The summed E-state index contributed by atoms with van der Waals surface area (Å²) in [6.45, 7) is 2.50. The topological polar surface area (TPSA) is 61.4 Å². The van der Waals surface area contributed by atoms with Crippen LogP contribution in [0.2, 0.25) is 0 Å². The molecule has 0 N–H and O–H groups in total. The minimum atomic E-state index is 0.344. The van der Waals surface area contributed by atoms with Gasteiger partial charge in [0.1, 0.15) is 18.0 Å². The summed E-state index contributed by atoms with van der Waals surface area (Å²) < 4.78 is 3.79. The van der Waals surface area contributed by atoms with Crippen molar-refractivity contribution in [2.75, 3.05) is 0 Å². The van der Waals surface area contributed by atoms with Crippen molar-refractivity contribution in [3.63, 3.8) is 0 Å². The van der Waals surface area contributed by atoms with Crippen molar-refractivity contribution in [2.24, 2.45) is 7.05 Å². The Labute approximate surface area is 91.9 Å². The van der Waals surface area contributed by atoms with Gasteiger partial charge >= 0.3 is 0 Å². The van der Waals surface area contributed by atoms with Crippen molar-refractivity contribution in [2.45, 2.75) is 19.3 Å². The maximum atomic E-state index is 5.72. The maximum absolute atomic E-state index is 5.72. The summed E-state index contributed by atoms with van der Waals surface area (Å²) in [4.78, 5) is 0. The number of hydrogen-bond acceptors (Lipinski definition) is 4. The summed E-state index contributed by atoms with van der Waals surface area (Å²) in [7, 11) is 1.93. The molecule has 15 heavy (non-hydrogen) atoms. The Balaban J connectivity index is 2.25. The van der Waals surface area contributed by atoms with E-state index in [1.54, 1.807) is 6.33 Å². The van der Waals surface area contributed by atoms with Crippen LogP contribution in [0, 0.1) is 6.92 Å². The molecule has 0 aliphatic heterocycles. The van der Waals surface area contributed by atoms with Gasteiger partial charge in [-0.2, -0.15) is 0 Å². The lowest BCUT2D eigenvalue weighted by atomic mass is 10.5. The molecule has 0 atom stereocenters. The number of halogens is 1. The van der Waals surface area contributed by atoms with E-state index in [0.29, 0.717) is 12.4 Å². The van der Waals surface area contributed by atoms with E-state index >= 15 is 0 Å². The third-order valence-electron chi connectivity index (χ3n) is 2.31. The summed E-state index contributed by atoms with van der Waals surface area (Å²) >= 11 is 5.72. The zero-order valence-electron chi connectivity index (χ0n) is 8.55. The first-order valence-electron chi connectivity index (χ1n) is 4.50. The number of aryl methyl sites for hydroxylation is 1. The lowest BCUT2D eigenvalue weighted by Gasteiger charge is -2.04. The summed E-state index contributed by atoms with van der Waals surface area (Å²) in [6, 6.07) is 0. The Morgan fingerprint density at radius 1 is 1.27 bits per heavy atom. The molecule has 2 aromatic heterocycles. The van der Waals surface area contributed by atoms with Gasteiger partial charge in [0.25, 0.3) is 0 Å². The van der Waals surface area contributed by atoms with Crippen LogP contribution in [0.3, 0.4) is 0 Å². The number of rotatable bonds is 3. The van der Waals surface area contributed by atoms with E-state index in [4.69, 9.17) is 11.6 Å². The van der Waals surface area contributed by atoms with Gasteiger partial charge in [0.05, 0.1) is 12.4 Å². The quantitative estimate of drug-likeness (QED) is 0.716. The fraction of sp³-hybridized carbons (Fsp3) is 0.500. The molecule has 6 nitrogen and oxygen atoms in total. The van der Waals surface area contributed by atoms with Crippen LogP contribution >= 0.6 is 11.6 Å². The first kappa shape index (κ1) is 10.1. The van der Waals surface area contributed by atoms with Crippen LogP contribution in [0.1, 0.15) is 17.5 Å². The lowest BCUT2D eigenvalue weighted by molar-refractivity contribution is 0.671. The van der Waals surface area contributed by atoms with Gasteiger partial charge in [0, 0.05) is 7.05 Å². The summed E-state index contributed by atoms with van der Waals surface area (Å²) in [5.74, 6) is 2.82. The number of aromatic nitrogens is 6. The van der Waals surface area contributed by atoms with Gasteiger partial charge in [-0.1, -0.05) is 0 Å². The van der Waals surface area contributed by atoms with Crippen molar-refractivity contribution in [3.8, 4) is 0 Å². The molecule has 0 radical (unpaired) electrons. The summed E-state index contributed by atoms with van der Waals surface area (Å²) in [5, 5.41) is 15.7. The Hall–Kier alpha value is -1.43. The molecule has 0 fully saturated rings. The van der Waals surface area contributed by atoms with Crippen LogP contribution in [-0.4, -0.2) is 29.5 Å². The first-order chi connectivity index (χ1) is 7.22. The van der Waals surface area contributed by atoms with Gasteiger partial charge in [-0.05, 0) is 6.92 Å². The lowest BCUT2D eigenvalue weighted by Crippen LogP contribution is -2.08. The van der Waals surface area contributed by atoms with Crippen molar-refractivity contribution >= 4 is 11.6 Å². The molecule has 2 heterocycles.